The highest BCUT2D eigenvalue weighted by atomic mass is 16.5. The number of H-pyrrole nitrogens is 1. The molecule has 0 aliphatic heterocycles. The molecule has 1 atom stereocenters. The maximum Gasteiger partial charge on any atom is 0.275 e. The van der Waals surface area contributed by atoms with Crippen molar-refractivity contribution in [1.29, 1.82) is 0 Å². The van der Waals surface area contributed by atoms with Gasteiger partial charge in [0.05, 0.1) is 36.2 Å². The lowest BCUT2D eigenvalue weighted by molar-refractivity contribution is 0.385. The average Bonchev–Trinajstić information content (AvgIpc) is 2.76. The number of hydrogen-bond donors (Lipinski definition) is 2. The van der Waals surface area contributed by atoms with Crippen molar-refractivity contribution >= 4 is 16.7 Å². The smallest absolute Gasteiger partial charge is 0.275 e. The van der Waals surface area contributed by atoms with Crippen molar-refractivity contribution in [1.82, 2.24) is 24.7 Å². The Balaban J connectivity index is 1.67. The van der Waals surface area contributed by atoms with Gasteiger partial charge in [-0.15, -0.1) is 5.10 Å². The van der Waals surface area contributed by atoms with E-state index in [1.54, 1.807) is 30.6 Å². The molecule has 0 unspecified atom stereocenters. The molecule has 0 fully saturated rings. The van der Waals surface area contributed by atoms with Crippen LogP contribution in [0.15, 0.2) is 64.4 Å². The van der Waals surface area contributed by atoms with E-state index in [2.05, 4.69) is 25.4 Å². The molecule has 0 aliphatic carbocycles. The fourth-order valence-electron chi connectivity index (χ4n) is 3.21. The van der Waals surface area contributed by atoms with Gasteiger partial charge >= 0.3 is 0 Å². The number of aromatic nitrogens is 5. The number of pyridine rings is 1. The van der Waals surface area contributed by atoms with Crippen LogP contribution in [0.4, 0.5) is 5.95 Å². The molecule has 9 nitrogen and oxygen atoms in total. The van der Waals surface area contributed by atoms with Crippen LogP contribution in [0.5, 0.6) is 5.88 Å². The van der Waals surface area contributed by atoms with Crippen molar-refractivity contribution in [2.75, 3.05) is 12.4 Å². The fraction of sp³-hybridized carbons (Fsp3) is 0.190. The van der Waals surface area contributed by atoms with Crippen LogP contribution in [0, 0.1) is 0 Å². The van der Waals surface area contributed by atoms with Gasteiger partial charge in [0.1, 0.15) is 0 Å². The molecule has 0 saturated heterocycles. The van der Waals surface area contributed by atoms with Gasteiger partial charge < -0.3 is 10.1 Å². The van der Waals surface area contributed by atoms with Gasteiger partial charge in [-0.3, -0.25) is 19.6 Å². The minimum absolute atomic E-state index is 0.0300. The molecule has 152 valence electrons. The van der Waals surface area contributed by atoms with Crippen molar-refractivity contribution < 1.29 is 4.74 Å². The van der Waals surface area contributed by atoms with Crippen LogP contribution in [0.25, 0.3) is 10.8 Å². The predicted molar refractivity (Wildman–Crippen MR) is 113 cm³/mol. The third-order valence-electron chi connectivity index (χ3n) is 4.69. The predicted octanol–water partition coefficient (Wildman–Crippen LogP) is 2.10. The quantitative estimate of drug-likeness (QED) is 0.506. The van der Waals surface area contributed by atoms with E-state index in [0.717, 1.165) is 5.56 Å². The molecule has 0 aliphatic rings. The lowest BCUT2D eigenvalue weighted by Crippen LogP contribution is -2.26. The topological polar surface area (TPSA) is 115 Å². The van der Waals surface area contributed by atoms with E-state index in [9.17, 15) is 9.59 Å². The van der Waals surface area contributed by atoms with Crippen molar-refractivity contribution in [2.24, 2.45) is 0 Å². The maximum absolute atomic E-state index is 12.8. The van der Waals surface area contributed by atoms with Crippen LogP contribution in [0.2, 0.25) is 0 Å². The van der Waals surface area contributed by atoms with E-state index in [1.165, 1.54) is 17.9 Å². The van der Waals surface area contributed by atoms with Gasteiger partial charge in [-0.05, 0) is 36.8 Å². The summed E-state index contributed by atoms with van der Waals surface area (Å²) < 4.78 is 6.58. The van der Waals surface area contributed by atoms with Crippen molar-refractivity contribution in [3.8, 4) is 5.88 Å². The molecule has 2 N–H and O–H groups in total. The van der Waals surface area contributed by atoms with Crippen LogP contribution in [0.3, 0.4) is 0 Å². The Labute approximate surface area is 171 Å². The first-order chi connectivity index (χ1) is 14.5. The highest BCUT2D eigenvalue weighted by molar-refractivity contribution is 5.85. The summed E-state index contributed by atoms with van der Waals surface area (Å²) in [6.07, 6.45) is 3.40. The zero-order chi connectivity index (χ0) is 21.1. The Bertz CT molecular complexity index is 1300. The summed E-state index contributed by atoms with van der Waals surface area (Å²) in [6.45, 7) is 1.98. The molecule has 30 heavy (non-hydrogen) atoms. The first-order valence-electron chi connectivity index (χ1n) is 9.35. The van der Waals surface area contributed by atoms with Gasteiger partial charge in [0.2, 0.25) is 11.8 Å². The molecular weight excluding hydrogens is 384 g/mol. The summed E-state index contributed by atoms with van der Waals surface area (Å²) in [4.78, 5) is 36.1. The Kier molecular flexibility index (Phi) is 5.25. The highest BCUT2D eigenvalue weighted by Crippen LogP contribution is 2.20. The second-order valence-electron chi connectivity index (χ2n) is 6.75. The van der Waals surface area contributed by atoms with Gasteiger partial charge in [0, 0.05) is 18.5 Å². The average molecular weight is 404 g/mol. The molecule has 1 aromatic carbocycles. The van der Waals surface area contributed by atoms with E-state index in [0.29, 0.717) is 28.3 Å². The minimum atomic E-state index is -0.328. The lowest BCUT2D eigenvalue weighted by atomic mass is 10.1. The first-order valence-corrected chi connectivity index (χ1v) is 9.35. The van der Waals surface area contributed by atoms with E-state index >= 15 is 0 Å². The number of anilines is 1. The van der Waals surface area contributed by atoms with Crippen LogP contribution in [0.1, 0.15) is 24.2 Å². The van der Waals surface area contributed by atoms with E-state index in [4.69, 9.17) is 4.74 Å². The molecule has 3 aromatic heterocycles. The first kappa shape index (κ1) is 19.3. The highest BCUT2D eigenvalue weighted by Gasteiger charge is 2.13. The normalized spacial score (nSPS) is 11.9. The minimum Gasteiger partial charge on any atom is -0.480 e. The van der Waals surface area contributed by atoms with Crippen molar-refractivity contribution in [3.63, 3.8) is 0 Å². The van der Waals surface area contributed by atoms with Crippen molar-refractivity contribution in [2.45, 2.75) is 19.5 Å². The standard InChI is InChI=1S/C21H20N6O3/c1-13(14-7-9-22-10-8-14)23-21-24-15(11-18(28)25-21)12-27-20(29)17-6-4-3-5-16(17)19(26-27)30-2/h3-11,13H,12H2,1-2H3,(H2,23,24,25,28)/t13-/m1/s1. The van der Waals surface area contributed by atoms with E-state index in [1.807, 2.05) is 25.1 Å². The molecule has 3 heterocycles. The summed E-state index contributed by atoms with van der Waals surface area (Å²) in [5, 5.41) is 8.57. The number of benzene rings is 1. The second-order valence-corrected chi connectivity index (χ2v) is 6.75. The summed E-state index contributed by atoms with van der Waals surface area (Å²) >= 11 is 0. The van der Waals surface area contributed by atoms with Gasteiger partial charge in [0.25, 0.3) is 11.1 Å². The number of rotatable bonds is 6. The van der Waals surface area contributed by atoms with Gasteiger partial charge in [-0.25, -0.2) is 9.67 Å². The van der Waals surface area contributed by atoms with Gasteiger partial charge in [-0.2, -0.15) is 0 Å². The molecule has 0 radical (unpaired) electrons. The van der Waals surface area contributed by atoms with E-state index < -0.39 is 0 Å². The SMILES string of the molecule is COc1nn(Cc2cc(=O)[nH]c(N[C@H](C)c3ccncc3)n2)c(=O)c2ccccc12. The second kappa shape index (κ2) is 8.16. The zero-order valence-corrected chi connectivity index (χ0v) is 16.5. The summed E-state index contributed by atoms with van der Waals surface area (Å²) in [7, 11) is 1.50. The lowest BCUT2D eigenvalue weighted by Gasteiger charge is -2.15. The zero-order valence-electron chi connectivity index (χ0n) is 16.5. The number of nitrogens with one attached hydrogen (secondary N) is 2. The number of aromatic amines is 1. The molecule has 4 aromatic rings. The number of ether oxygens (including phenoxy) is 1. The molecular formula is C21H20N6O3. The summed E-state index contributed by atoms with van der Waals surface area (Å²) in [6, 6.07) is 12.1. The Morgan fingerprint density at radius 2 is 1.87 bits per heavy atom. The summed E-state index contributed by atoms with van der Waals surface area (Å²) in [5.41, 5.74) is 0.781. The summed E-state index contributed by atoms with van der Waals surface area (Å²) in [5.74, 6) is 0.641. The van der Waals surface area contributed by atoms with Crippen molar-refractivity contribution in [3.05, 3.63) is 86.8 Å². The number of fused-ring (bicyclic) bond motifs is 1. The van der Waals surface area contributed by atoms with Gasteiger partial charge in [0.15, 0.2) is 0 Å². The van der Waals surface area contributed by atoms with Crippen LogP contribution in [-0.2, 0) is 6.54 Å². The number of hydrogen-bond acceptors (Lipinski definition) is 7. The number of nitrogens with zero attached hydrogens (tertiary/aromatic N) is 4. The van der Waals surface area contributed by atoms with Crippen LogP contribution in [-0.4, -0.2) is 31.8 Å². The molecule has 0 saturated carbocycles. The molecule has 0 amide bonds. The molecule has 0 bridgehead atoms. The fourth-order valence-corrected chi connectivity index (χ4v) is 3.21. The maximum atomic E-state index is 12.8. The Morgan fingerprint density at radius 3 is 2.60 bits per heavy atom. The third-order valence-corrected chi connectivity index (χ3v) is 4.69. The van der Waals surface area contributed by atoms with Crippen LogP contribution >= 0.6 is 0 Å². The molecule has 0 spiro atoms. The third kappa shape index (κ3) is 3.90. The molecule has 4 rings (SSSR count). The monoisotopic (exact) mass is 404 g/mol. The largest absolute Gasteiger partial charge is 0.480 e. The Morgan fingerprint density at radius 1 is 1.13 bits per heavy atom. The van der Waals surface area contributed by atoms with E-state index in [-0.39, 0.29) is 23.7 Å². The number of methoxy groups -OCH3 is 1. The van der Waals surface area contributed by atoms with Crippen LogP contribution < -0.4 is 21.2 Å². The Hall–Kier alpha value is -4.01. The molecule has 9 heteroatoms. The van der Waals surface area contributed by atoms with Gasteiger partial charge in [-0.1, -0.05) is 12.1 Å².